The average Bonchev–Trinajstić information content (AvgIpc) is 2.71. The maximum atomic E-state index is 6.85. The molecular formula is C29H32NO+. The molecular weight excluding hydrogens is 378 g/mol. The summed E-state index contributed by atoms with van der Waals surface area (Å²) in [4.78, 5) is 0. The molecule has 1 aliphatic heterocycles. The first-order valence-electron chi connectivity index (χ1n) is 11.4. The van der Waals surface area contributed by atoms with Gasteiger partial charge in [0.1, 0.15) is 18.5 Å². The number of hydrogen-bond acceptors (Lipinski definition) is 1. The molecule has 0 aliphatic carbocycles. The topological polar surface area (TPSA) is 13.1 Å². The summed E-state index contributed by atoms with van der Waals surface area (Å²) in [6, 6.07) is 15.6. The molecule has 1 aliphatic rings. The van der Waals surface area contributed by atoms with Gasteiger partial charge in [-0.05, 0) is 64.1 Å². The van der Waals surface area contributed by atoms with Crippen molar-refractivity contribution >= 4 is 21.5 Å². The van der Waals surface area contributed by atoms with Crippen molar-refractivity contribution in [3.05, 3.63) is 65.4 Å². The van der Waals surface area contributed by atoms with E-state index in [2.05, 4.69) is 102 Å². The Morgan fingerprint density at radius 1 is 1.00 bits per heavy atom. The van der Waals surface area contributed by atoms with Crippen LogP contribution in [-0.2, 0) is 18.9 Å². The average molecular weight is 411 g/mol. The molecule has 2 heteroatoms. The van der Waals surface area contributed by atoms with Gasteiger partial charge in [-0.2, -0.15) is 0 Å². The summed E-state index contributed by atoms with van der Waals surface area (Å²) in [6.45, 7) is 13.6. The van der Waals surface area contributed by atoms with Crippen molar-refractivity contribution in [2.75, 3.05) is 0 Å². The van der Waals surface area contributed by atoms with Crippen LogP contribution in [0.4, 0.5) is 0 Å². The fourth-order valence-corrected chi connectivity index (χ4v) is 5.05. The van der Waals surface area contributed by atoms with Crippen molar-refractivity contribution in [1.29, 1.82) is 0 Å². The molecule has 4 aromatic rings. The van der Waals surface area contributed by atoms with Crippen molar-refractivity contribution in [3.63, 3.8) is 0 Å². The van der Waals surface area contributed by atoms with Gasteiger partial charge in [-0.15, -0.1) is 0 Å². The number of aromatic nitrogens is 1. The molecule has 0 unspecified atom stereocenters. The second-order valence-electron chi connectivity index (χ2n) is 10.5. The lowest BCUT2D eigenvalue weighted by atomic mass is 9.83. The van der Waals surface area contributed by atoms with Crippen molar-refractivity contribution in [1.82, 2.24) is 0 Å². The third kappa shape index (κ3) is 3.04. The summed E-state index contributed by atoms with van der Waals surface area (Å²) < 4.78 is 9.12. The van der Waals surface area contributed by atoms with Crippen LogP contribution < -0.4 is 9.30 Å². The van der Waals surface area contributed by atoms with Crippen molar-refractivity contribution < 1.29 is 9.30 Å². The molecule has 0 amide bonds. The standard InChI is InChI=1S/C29H32NO/c1-17(2)14-23-22-11-9-8-10-21(22)18(3)25-27-26-19(12-13-30(27)7)15-20(29(4,5)6)16-24(26)31-28(23)25/h8-13,15-17H,14H2,1-7H3/q+1. The van der Waals surface area contributed by atoms with Gasteiger partial charge in [0.2, 0.25) is 5.69 Å². The van der Waals surface area contributed by atoms with Crippen LogP contribution in [0.2, 0.25) is 0 Å². The van der Waals surface area contributed by atoms with Gasteiger partial charge in [-0.1, -0.05) is 58.9 Å². The number of pyridine rings is 1. The highest BCUT2D eigenvalue weighted by atomic mass is 16.5. The number of nitrogens with zero attached hydrogens (tertiary/aromatic N) is 1. The maximum Gasteiger partial charge on any atom is 0.228 e. The molecule has 0 atom stereocenters. The smallest absolute Gasteiger partial charge is 0.228 e. The Morgan fingerprint density at radius 3 is 2.39 bits per heavy atom. The number of fused-ring (bicyclic) bond motifs is 3. The minimum atomic E-state index is 0.0621. The first kappa shape index (κ1) is 20.1. The minimum absolute atomic E-state index is 0.0621. The van der Waals surface area contributed by atoms with Gasteiger partial charge in [0.15, 0.2) is 6.20 Å². The highest BCUT2D eigenvalue weighted by Crippen LogP contribution is 2.51. The summed E-state index contributed by atoms with van der Waals surface area (Å²) in [6.07, 6.45) is 3.19. The molecule has 0 spiro atoms. The summed E-state index contributed by atoms with van der Waals surface area (Å²) in [5, 5.41) is 5.11. The van der Waals surface area contributed by atoms with Crippen LogP contribution in [0, 0.1) is 12.8 Å². The van der Waals surface area contributed by atoms with E-state index in [1.807, 2.05) is 0 Å². The molecule has 2 nitrogen and oxygen atoms in total. The molecule has 5 rings (SSSR count). The Hall–Kier alpha value is -2.87. The first-order chi connectivity index (χ1) is 14.7. The van der Waals surface area contributed by atoms with Crippen LogP contribution in [0.15, 0.2) is 48.7 Å². The maximum absolute atomic E-state index is 6.85. The zero-order chi connectivity index (χ0) is 22.1. The summed E-state index contributed by atoms with van der Waals surface area (Å²) in [7, 11) is 2.15. The second-order valence-corrected chi connectivity index (χ2v) is 10.5. The molecule has 31 heavy (non-hydrogen) atoms. The molecule has 0 bridgehead atoms. The SMILES string of the molecule is Cc1c2c(c(CC(C)C)c3ccccc13)Oc1cc(C(C)(C)C)cc3cc[n+](C)c-2c13. The molecule has 0 N–H and O–H groups in total. The fourth-order valence-electron chi connectivity index (χ4n) is 5.05. The minimum Gasteiger partial charge on any atom is -0.455 e. The van der Waals surface area contributed by atoms with E-state index in [0.29, 0.717) is 5.92 Å². The number of ether oxygens (including phenoxy) is 1. The molecule has 0 saturated heterocycles. The van der Waals surface area contributed by atoms with E-state index in [1.165, 1.54) is 49.5 Å². The molecule has 0 fully saturated rings. The van der Waals surface area contributed by atoms with Crippen LogP contribution in [0.25, 0.3) is 32.8 Å². The van der Waals surface area contributed by atoms with Gasteiger partial charge in [-0.25, -0.2) is 4.57 Å². The third-order valence-corrected chi connectivity index (χ3v) is 6.66. The Balaban J connectivity index is 1.95. The zero-order valence-corrected chi connectivity index (χ0v) is 19.8. The van der Waals surface area contributed by atoms with E-state index < -0.39 is 0 Å². The quantitative estimate of drug-likeness (QED) is 0.276. The van der Waals surface area contributed by atoms with Gasteiger partial charge < -0.3 is 4.74 Å². The van der Waals surface area contributed by atoms with E-state index in [9.17, 15) is 0 Å². The molecule has 3 aromatic carbocycles. The Labute approximate surface area is 185 Å². The van der Waals surface area contributed by atoms with E-state index in [0.717, 1.165) is 17.9 Å². The number of aryl methyl sites for hydroxylation is 2. The van der Waals surface area contributed by atoms with Gasteiger partial charge >= 0.3 is 0 Å². The van der Waals surface area contributed by atoms with Gasteiger partial charge in [0.25, 0.3) is 0 Å². The van der Waals surface area contributed by atoms with Crippen molar-refractivity contribution in [2.24, 2.45) is 13.0 Å². The van der Waals surface area contributed by atoms with Gasteiger partial charge in [-0.3, -0.25) is 0 Å². The second kappa shape index (κ2) is 6.82. The monoisotopic (exact) mass is 410 g/mol. The predicted molar refractivity (Wildman–Crippen MR) is 130 cm³/mol. The van der Waals surface area contributed by atoms with Crippen molar-refractivity contribution in [2.45, 2.75) is 53.4 Å². The summed E-state index contributed by atoms with van der Waals surface area (Å²) in [5.41, 5.74) is 6.51. The molecule has 0 radical (unpaired) electrons. The predicted octanol–water partition coefficient (Wildman–Crippen LogP) is 7.39. The van der Waals surface area contributed by atoms with Crippen LogP contribution in [0.1, 0.15) is 51.3 Å². The number of hydrogen-bond donors (Lipinski definition) is 0. The van der Waals surface area contributed by atoms with E-state index >= 15 is 0 Å². The van der Waals surface area contributed by atoms with Gasteiger partial charge in [0, 0.05) is 11.6 Å². The lowest BCUT2D eigenvalue weighted by molar-refractivity contribution is -0.659. The van der Waals surface area contributed by atoms with Crippen molar-refractivity contribution in [3.8, 4) is 22.8 Å². The van der Waals surface area contributed by atoms with E-state index in [-0.39, 0.29) is 5.41 Å². The van der Waals surface area contributed by atoms with Gasteiger partial charge in [0.05, 0.1) is 10.9 Å². The lowest BCUT2D eigenvalue weighted by Gasteiger charge is -2.27. The summed E-state index contributed by atoms with van der Waals surface area (Å²) in [5.74, 6) is 2.58. The highest BCUT2D eigenvalue weighted by Gasteiger charge is 2.33. The van der Waals surface area contributed by atoms with E-state index in [4.69, 9.17) is 4.74 Å². The number of rotatable bonds is 2. The molecule has 2 heterocycles. The van der Waals surface area contributed by atoms with Crippen LogP contribution >= 0.6 is 0 Å². The summed E-state index contributed by atoms with van der Waals surface area (Å²) >= 11 is 0. The number of benzene rings is 3. The third-order valence-electron chi connectivity index (χ3n) is 6.66. The first-order valence-corrected chi connectivity index (χ1v) is 11.4. The van der Waals surface area contributed by atoms with Crippen LogP contribution in [-0.4, -0.2) is 0 Å². The van der Waals surface area contributed by atoms with Crippen LogP contribution in [0.5, 0.6) is 11.5 Å². The Kier molecular flexibility index (Phi) is 4.41. The lowest BCUT2D eigenvalue weighted by Crippen LogP contribution is -2.32. The molecule has 1 aromatic heterocycles. The zero-order valence-electron chi connectivity index (χ0n) is 19.8. The molecule has 0 saturated carbocycles. The fraction of sp³-hybridized carbons (Fsp3) is 0.345. The Morgan fingerprint density at radius 2 is 1.71 bits per heavy atom. The molecule has 158 valence electrons. The van der Waals surface area contributed by atoms with E-state index in [1.54, 1.807) is 0 Å². The highest BCUT2D eigenvalue weighted by molar-refractivity contribution is 6.06. The normalized spacial score (nSPS) is 13.0. The van der Waals surface area contributed by atoms with Crippen LogP contribution in [0.3, 0.4) is 0 Å². The Bertz CT molecular complexity index is 1360. The largest absolute Gasteiger partial charge is 0.455 e.